The van der Waals surface area contributed by atoms with Gasteiger partial charge in [0.15, 0.2) is 0 Å². The Morgan fingerprint density at radius 2 is 0.623 bits per heavy atom. The van der Waals surface area contributed by atoms with E-state index >= 15 is 0 Å². The van der Waals surface area contributed by atoms with Crippen LogP contribution in [0.2, 0.25) is 0 Å². The molecule has 0 unspecified atom stereocenters. The molecule has 7 aromatic carbocycles. The number of allylic oxidation sites excluding steroid dienone is 2. The van der Waals surface area contributed by atoms with Crippen molar-refractivity contribution in [1.82, 2.24) is 0 Å². The van der Waals surface area contributed by atoms with Crippen molar-refractivity contribution in [2.45, 2.75) is 6.92 Å². The monoisotopic (exact) mass is 946 g/mol. The van der Waals surface area contributed by atoms with Crippen molar-refractivity contribution in [2.24, 2.45) is 0 Å². The first-order valence-corrected chi connectivity index (χ1v) is 26.7. The Bertz CT molecular complexity index is 1730. The molecule has 2 nitrogen and oxygen atoms in total. The molecule has 53 heavy (non-hydrogen) atoms. The molecule has 7 heteroatoms. The summed E-state index contributed by atoms with van der Waals surface area (Å²) in [6.45, 7) is 1.51. The average molecular weight is 947 g/mol. The first kappa shape index (κ1) is 41.6. The molecule has 7 rings (SSSR count). The van der Waals surface area contributed by atoms with Crippen LogP contribution in [0.5, 0.6) is 0 Å². The molecular formula is C46H43Cl2O2P2Re+3. The smallest absolute Gasteiger partial charge is 0.0620 e. The Morgan fingerprint density at radius 3 is 0.811 bits per heavy atom. The maximum atomic E-state index is 9.37. The number of halogens is 2. The van der Waals surface area contributed by atoms with E-state index in [1.807, 2.05) is 18.2 Å². The number of aliphatic hydroxyl groups is 1. The van der Waals surface area contributed by atoms with Gasteiger partial charge in [-0.1, -0.05) is 127 Å². The number of benzene rings is 7. The van der Waals surface area contributed by atoms with Crippen LogP contribution in [-0.4, -0.2) is 15.7 Å². The SMILES string of the molecule is C/C(O)=C/C(=[OH+])c1ccccc1.[Cl][Re][Cl].c1ccc([PH+](c2ccccc2)c2ccccc2)cc1.c1ccc([PH+](c2ccccc2)c2ccccc2)cc1. The van der Waals surface area contributed by atoms with Crippen LogP contribution in [0.4, 0.5) is 0 Å². The fourth-order valence-corrected chi connectivity index (χ4v) is 10.7. The van der Waals surface area contributed by atoms with E-state index in [1.165, 1.54) is 44.8 Å². The zero-order valence-electron chi connectivity index (χ0n) is 29.3. The molecule has 0 bridgehead atoms. The van der Waals surface area contributed by atoms with Crippen LogP contribution in [0.1, 0.15) is 12.5 Å². The van der Waals surface area contributed by atoms with Crippen LogP contribution in [0.15, 0.2) is 224 Å². The van der Waals surface area contributed by atoms with Crippen LogP contribution < -0.4 is 31.8 Å². The molecule has 0 amide bonds. The number of ketones is 1. The minimum atomic E-state index is -0.877. The van der Waals surface area contributed by atoms with E-state index < -0.39 is 31.8 Å². The summed E-state index contributed by atoms with van der Waals surface area (Å²) in [5.74, 6) is 0.173. The molecule has 0 aliphatic heterocycles. The van der Waals surface area contributed by atoms with Crippen molar-refractivity contribution in [3.63, 3.8) is 0 Å². The second-order valence-corrected chi connectivity index (χ2v) is 20.4. The van der Waals surface area contributed by atoms with Crippen molar-refractivity contribution >= 4 is 72.5 Å². The maximum Gasteiger partial charge on any atom is 0.102 e. The Hall–Kier alpha value is -4.15. The number of hydrogen-bond donors (Lipinski definition) is 1. The third-order valence-electron chi connectivity index (χ3n) is 7.79. The fourth-order valence-electron chi connectivity index (χ4n) is 5.52. The van der Waals surface area contributed by atoms with Gasteiger partial charge in [0.2, 0.25) is 0 Å². The molecule has 0 aliphatic rings. The van der Waals surface area contributed by atoms with Gasteiger partial charge in [-0.25, -0.2) is 0 Å². The minimum absolute atomic E-state index is 0.0793. The van der Waals surface area contributed by atoms with Gasteiger partial charge in [0.1, 0.15) is 31.8 Å². The zero-order chi connectivity index (χ0) is 37.5. The van der Waals surface area contributed by atoms with Crippen molar-refractivity contribution in [3.8, 4) is 0 Å². The first-order valence-electron chi connectivity index (χ1n) is 16.9. The summed E-state index contributed by atoms with van der Waals surface area (Å²) < 4.78 is 0. The van der Waals surface area contributed by atoms with Gasteiger partial charge in [-0.05, 0) is 91.9 Å². The Labute approximate surface area is 332 Å². The zero-order valence-corrected chi connectivity index (χ0v) is 35.5. The molecule has 0 saturated heterocycles. The largest absolute Gasteiger partial charge is 0.102 e. The maximum absolute atomic E-state index is 9.37. The number of rotatable bonds is 8. The number of hydrogen-bond acceptors (Lipinski definition) is 1. The number of carbonyl (C=O) groups excluding carboxylic acids is 1. The van der Waals surface area contributed by atoms with Gasteiger partial charge >= 0.3 is 40.8 Å². The molecule has 0 aromatic heterocycles. The van der Waals surface area contributed by atoms with Crippen LogP contribution in [0.25, 0.3) is 0 Å². The Kier molecular flexibility index (Phi) is 19.0. The van der Waals surface area contributed by atoms with Gasteiger partial charge in [0.05, 0.1) is 33.2 Å². The van der Waals surface area contributed by atoms with E-state index in [1.54, 1.807) is 12.1 Å². The molecule has 0 atom stereocenters. The third kappa shape index (κ3) is 14.3. The standard InChI is InChI=1S/2C18H15P.C10H10O2.2ClH.Re/c2*1-4-10-16(11-5-1)19(17-12-6-2-7-13-17)18-14-8-3-9-15-18;1-8(11)7-10(12)9-5-3-2-4-6-9;;;/h2*1-15H;2-7,11H,1H3;2*1H;/q;;;;;+2/p+1/b;;8-7-;;;. The summed E-state index contributed by atoms with van der Waals surface area (Å²) in [7, 11) is 8.08. The van der Waals surface area contributed by atoms with Gasteiger partial charge in [0.25, 0.3) is 0 Å². The van der Waals surface area contributed by atoms with Crippen molar-refractivity contribution in [3.05, 3.63) is 230 Å². The molecule has 0 radical (unpaired) electrons. The van der Waals surface area contributed by atoms with E-state index in [4.69, 9.17) is 24.2 Å². The molecule has 2 N–H and O–H groups in total. The van der Waals surface area contributed by atoms with Crippen molar-refractivity contribution in [1.29, 1.82) is 0 Å². The average Bonchev–Trinajstić information content (AvgIpc) is 3.22. The van der Waals surface area contributed by atoms with E-state index in [-0.39, 0.29) is 11.5 Å². The Morgan fingerprint density at radius 1 is 0.434 bits per heavy atom. The van der Waals surface area contributed by atoms with Gasteiger partial charge < -0.3 is 5.11 Å². The molecule has 0 spiro atoms. The second kappa shape index (κ2) is 24.2. The third-order valence-corrected chi connectivity index (χ3v) is 13.3. The molecule has 267 valence electrons. The van der Waals surface area contributed by atoms with Gasteiger partial charge in [0, 0.05) is 0 Å². The van der Waals surface area contributed by atoms with Crippen LogP contribution in [-0.2, 0) is 15.9 Å². The van der Waals surface area contributed by atoms with Gasteiger partial charge in [-0.15, -0.1) is 0 Å². The Balaban J connectivity index is 0.000000176. The van der Waals surface area contributed by atoms with Crippen LogP contribution in [0, 0.1) is 0 Å². The summed E-state index contributed by atoms with van der Waals surface area (Å²) in [5, 5.41) is 17.5. The summed E-state index contributed by atoms with van der Waals surface area (Å²) in [6.07, 6.45) is 1.31. The van der Waals surface area contributed by atoms with Crippen LogP contribution >= 0.6 is 34.9 Å². The predicted molar refractivity (Wildman–Crippen MR) is 234 cm³/mol. The molecular weight excluding hydrogens is 904 g/mol. The van der Waals surface area contributed by atoms with Gasteiger partial charge in [-0.2, -0.15) is 0 Å². The van der Waals surface area contributed by atoms with Crippen molar-refractivity contribution < 1.29 is 25.8 Å². The molecule has 0 saturated carbocycles. The summed E-state index contributed by atoms with van der Waals surface area (Å²) in [5.41, 5.74) is 0.700. The van der Waals surface area contributed by atoms with E-state index in [2.05, 4.69) is 182 Å². The predicted octanol–water partition coefficient (Wildman–Crippen LogP) is 9.77. The molecule has 0 aliphatic carbocycles. The fraction of sp³-hybridized carbons (Fsp3) is 0.0217. The van der Waals surface area contributed by atoms with E-state index in [0.29, 0.717) is 5.56 Å². The second-order valence-electron chi connectivity index (χ2n) is 11.5. The summed E-state index contributed by atoms with van der Waals surface area (Å²) >= 11 is -0.722. The summed E-state index contributed by atoms with van der Waals surface area (Å²) in [6, 6.07) is 74.1. The topological polar surface area (TPSA) is 41.6 Å². The van der Waals surface area contributed by atoms with E-state index in [0.717, 1.165) is 0 Å². The minimum Gasteiger partial charge on any atom is -0.0620 e. The first-order chi connectivity index (χ1) is 26.0. The normalized spacial score (nSPS) is 10.5. The van der Waals surface area contributed by atoms with E-state index in [9.17, 15) is 4.79 Å². The molecule has 0 heterocycles. The van der Waals surface area contributed by atoms with Crippen molar-refractivity contribution in [2.75, 3.05) is 0 Å². The van der Waals surface area contributed by atoms with Gasteiger partial charge in [-0.3, -0.25) is 4.79 Å². The van der Waals surface area contributed by atoms with Crippen LogP contribution in [0.3, 0.4) is 0 Å². The number of aliphatic hydroxyl groups excluding tert-OH is 1. The molecule has 7 aromatic rings. The quantitative estimate of drug-likeness (QED) is 0.0533. The summed E-state index contributed by atoms with van der Waals surface area (Å²) in [4.78, 5) is 9.37. The molecule has 0 fully saturated rings.